The molecule has 1 N–H and O–H groups in total. The topological polar surface area (TPSA) is 126 Å². The first-order valence-electron chi connectivity index (χ1n) is 12.1. The number of ether oxygens (including phenoxy) is 3. The maximum Gasteiger partial charge on any atom is 0.294 e. The summed E-state index contributed by atoms with van der Waals surface area (Å²) in [5.74, 6) is -0.0728. The molecular weight excluding hydrogens is 543 g/mol. The number of nitrogens with one attached hydrogen (secondary N) is 1. The Morgan fingerprint density at radius 1 is 1.10 bits per heavy atom. The van der Waals surface area contributed by atoms with Crippen LogP contribution in [0.15, 0.2) is 52.2 Å². The number of rotatable bonds is 9. The van der Waals surface area contributed by atoms with Gasteiger partial charge in [0.05, 0.1) is 32.3 Å². The number of halogens is 1. The number of benzene rings is 2. The number of amides is 1. The van der Waals surface area contributed by atoms with E-state index in [2.05, 4.69) is 10.2 Å². The van der Waals surface area contributed by atoms with E-state index in [-0.39, 0.29) is 16.6 Å². The van der Waals surface area contributed by atoms with Crippen LogP contribution in [-0.2, 0) is 17.9 Å². The van der Waals surface area contributed by atoms with Crippen molar-refractivity contribution < 1.29 is 33.3 Å². The molecular formula is C28H27FN2O8S. The van der Waals surface area contributed by atoms with Crippen molar-refractivity contribution in [3.8, 4) is 28.4 Å². The van der Waals surface area contributed by atoms with E-state index in [1.807, 2.05) is 12.1 Å². The van der Waals surface area contributed by atoms with Crippen molar-refractivity contribution in [3.63, 3.8) is 0 Å². The van der Waals surface area contributed by atoms with Crippen LogP contribution >= 0.6 is 11.8 Å². The van der Waals surface area contributed by atoms with Crippen LogP contribution in [0.2, 0.25) is 0 Å². The van der Waals surface area contributed by atoms with Gasteiger partial charge in [-0.3, -0.25) is 9.59 Å². The summed E-state index contributed by atoms with van der Waals surface area (Å²) in [7, 11) is 4.54. The summed E-state index contributed by atoms with van der Waals surface area (Å²) in [5.41, 5.74) is 2.64. The van der Waals surface area contributed by atoms with Crippen LogP contribution in [0.3, 0.4) is 0 Å². The van der Waals surface area contributed by atoms with E-state index in [0.717, 1.165) is 17.7 Å². The minimum Gasteiger partial charge on any atom is -0.493 e. The average Bonchev–Trinajstić information content (AvgIpc) is 3.18. The van der Waals surface area contributed by atoms with Gasteiger partial charge in [0.15, 0.2) is 16.9 Å². The van der Waals surface area contributed by atoms with E-state index in [1.54, 1.807) is 12.3 Å². The Morgan fingerprint density at radius 2 is 1.85 bits per heavy atom. The van der Waals surface area contributed by atoms with Gasteiger partial charge in [-0.1, -0.05) is 6.07 Å². The van der Waals surface area contributed by atoms with Gasteiger partial charge in [-0.15, -0.1) is 21.9 Å². The maximum atomic E-state index is 14.3. The molecule has 1 aliphatic carbocycles. The molecule has 0 spiro atoms. The number of hydrogen-bond donors (Lipinski definition) is 1. The van der Waals surface area contributed by atoms with E-state index in [9.17, 15) is 24.1 Å². The third-order valence-electron chi connectivity index (χ3n) is 6.58. The molecule has 12 heteroatoms. The molecule has 0 saturated heterocycles. The van der Waals surface area contributed by atoms with Crippen molar-refractivity contribution in [2.45, 2.75) is 30.4 Å². The van der Waals surface area contributed by atoms with Crippen LogP contribution in [0.5, 0.6) is 17.2 Å². The predicted octanol–water partition coefficient (Wildman–Crippen LogP) is 4.73. The van der Waals surface area contributed by atoms with Gasteiger partial charge in [-0.25, -0.2) is 4.39 Å². The van der Waals surface area contributed by atoms with Crippen LogP contribution in [0.1, 0.15) is 39.5 Å². The summed E-state index contributed by atoms with van der Waals surface area (Å²) in [6, 6.07) is 9.65. The molecule has 0 unspecified atom stereocenters. The Labute approximate surface area is 233 Å². The number of nitrogens with zero attached hydrogens (tertiary/aromatic N) is 1. The second-order valence-corrected chi connectivity index (χ2v) is 9.72. The van der Waals surface area contributed by atoms with Gasteiger partial charge >= 0.3 is 0 Å². The Morgan fingerprint density at radius 3 is 2.50 bits per heavy atom. The zero-order chi connectivity index (χ0) is 29.0. The number of hydrogen-bond acceptors (Lipinski definition) is 9. The summed E-state index contributed by atoms with van der Waals surface area (Å²) in [6.07, 6.45) is 2.67. The number of carbonyl (C=O) groups excluding carboxylic acids is 1. The molecule has 1 atom stereocenters. The Bertz CT molecular complexity index is 1530. The van der Waals surface area contributed by atoms with Crippen molar-refractivity contribution in [2.24, 2.45) is 0 Å². The van der Waals surface area contributed by atoms with E-state index < -0.39 is 29.5 Å². The fourth-order valence-corrected chi connectivity index (χ4v) is 5.31. The van der Waals surface area contributed by atoms with Gasteiger partial charge in [0, 0.05) is 11.1 Å². The largest absolute Gasteiger partial charge is 0.493 e. The lowest BCUT2D eigenvalue weighted by molar-refractivity contribution is -0.763. The first-order chi connectivity index (χ1) is 19.2. The highest BCUT2D eigenvalue weighted by atomic mass is 32.2. The van der Waals surface area contributed by atoms with Crippen LogP contribution in [0, 0.1) is 15.9 Å². The van der Waals surface area contributed by atoms with Gasteiger partial charge in [-0.05, 0) is 77.7 Å². The number of thioether (sulfide) groups is 1. The number of methoxy groups -OCH3 is 3. The summed E-state index contributed by atoms with van der Waals surface area (Å²) in [6.45, 7) is -0.511. The van der Waals surface area contributed by atoms with E-state index in [1.165, 1.54) is 45.2 Å². The molecule has 210 valence electrons. The summed E-state index contributed by atoms with van der Waals surface area (Å²) in [4.78, 5) is 41.9. The first-order valence-corrected chi connectivity index (χ1v) is 13.3. The summed E-state index contributed by atoms with van der Waals surface area (Å²) in [5, 5.41) is 12.5. The summed E-state index contributed by atoms with van der Waals surface area (Å²) < 4.78 is 31.2. The molecule has 0 saturated carbocycles. The van der Waals surface area contributed by atoms with Crippen molar-refractivity contribution >= 4 is 17.7 Å². The third kappa shape index (κ3) is 5.81. The molecule has 0 radical (unpaired) electrons. The van der Waals surface area contributed by atoms with Crippen molar-refractivity contribution in [3.05, 3.63) is 90.9 Å². The first kappa shape index (κ1) is 28.7. The lowest BCUT2D eigenvalue weighted by Crippen LogP contribution is -2.29. The highest BCUT2D eigenvalue weighted by Gasteiger charge is 2.30. The third-order valence-corrected chi connectivity index (χ3v) is 7.36. The Kier molecular flexibility index (Phi) is 8.78. The maximum absolute atomic E-state index is 14.3. The van der Waals surface area contributed by atoms with Crippen LogP contribution in [0.25, 0.3) is 11.1 Å². The van der Waals surface area contributed by atoms with Gasteiger partial charge in [-0.2, -0.15) is 0 Å². The molecule has 4 rings (SSSR count). The van der Waals surface area contributed by atoms with Gasteiger partial charge < -0.3 is 24.4 Å². The van der Waals surface area contributed by atoms with E-state index in [0.29, 0.717) is 51.7 Å². The number of aryl methyl sites for hydroxylation is 1. The molecule has 3 aromatic carbocycles. The van der Waals surface area contributed by atoms with Gasteiger partial charge in [0.25, 0.3) is 11.0 Å². The van der Waals surface area contributed by atoms with Crippen molar-refractivity contribution in [2.75, 3.05) is 27.6 Å². The lowest BCUT2D eigenvalue weighted by Gasteiger charge is -2.20. The zero-order valence-corrected chi connectivity index (χ0v) is 23.1. The second kappa shape index (κ2) is 12.2. The minimum atomic E-state index is -0.994. The highest BCUT2D eigenvalue weighted by Crippen LogP contribution is 2.50. The van der Waals surface area contributed by atoms with E-state index in [4.69, 9.17) is 14.2 Å². The molecule has 0 fully saturated rings. The Balaban J connectivity index is 1.84. The molecule has 40 heavy (non-hydrogen) atoms. The fraction of sp³-hybridized carbons (Fsp3) is 0.286. The standard InChI is InChI=1S/C28H27FN2O8S/c1-36-23-12-16-5-7-21(30-28(33)17-9-15(10-18(29)11-17)14-39-31(34)35)20-13-22(32)24(40-4)8-6-19(20)25(16)27(38-3)26(23)37-2/h6,8-13,21H,5,7,14H2,1-4H3,(H,30,33)/t21-/m0/s1. The van der Waals surface area contributed by atoms with Gasteiger partial charge in [0.1, 0.15) is 12.4 Å². The van der Waals surface area contributed by atoms with Crippen molar-refractivity contribution in [1.82, 2.24) is 5.32 Å². The van der Waals surface area contributed by atoms with Crippen LogP contribution < -0.4 is 25.0 Å². The van der Waals surface area contributed by atoms with Crippen LogP contribution in [0.4, 0.5) is 4.39 Å². The molecule has 0 heterocycles. The van der Waals surface area contributed by atoms with Gasteiger partial charge in [0.2, 0.25) is 5.75 Å². The molecule has 10 nitrogen and oxygen atoms in total. The van der Waals surface area contributed by atoms with Crippen molar-refractivity contribution in [1.29, 1.82) is 0 Å². The fourth-order valence-electron chi connectivity index (χ4n) is 4.85. The predicted molar refractivity (Wildman–Crippen MR) is 146 cm³/mol. The average molecular weight is 571 g/mol. The molecule has 1 aliphatic rings. The zero-order valence-electron chi connectivity index (χ0n) is 22.2. The molecule has 0 aromatic heterocycles. The SMILES string of the molecule is COc1cc2c(c(OC)c1OC)-c1ccc(SC)c(=O)cc1[C@@H](NC(=O)c1cc(F)cc(CO[N+](=O)[O-])c1)CC2. The molecule has 0 bridgehead atoms. The van der Waals surface area contributed by atoms with Crippen LogP contribution in [-0.4, -0.2) is 38.6 Å². The monoisotopic (exact) mass is 570 g/mol. The normalized spacial score (nSPS) is 13.8. The molecule has 0 aliphatic heterocycles. The lowest BCUT2D eigenvalue weighted by atomic mass is 9.95. The second-order valence-electron chi connectivity index (χ2n) is 8.87. The molecule has 1 amide bonds. The number of carbonyl (C=O) groups is 1. The molecule has 3 aromatic rings. The minimum absolute atomic E-state index is 0.0429. The quantitative estimate of drug-likeness (QED) is 0.221. The van der Waals surface area contributed by atoms with E-state index >= 15 is 0 Å². The highest BCUT2D eigenvalue weighted by molar-refractivity contribution is 7.98. The summed E-state index contributed by atoms with van der Waals surface area (Å²) >= 11 is 1.30. The Hall–Kier alpha value is -4.32. The number of fused-ring (bicyclic) bond motifs is 3. The smallest absolute Gasteiger partial charge is 0.294 e.